The van der Waals surface area contributed by atoms with E-state index in [-0.39, 0.29) is 6.10 Å². The monoisotopic (exact) mass is 218 g/mol. The average Bonchev–Trinajstić information content (AvgIpc) is 2.85. The summed E-state index contributed by atoms with van der Waals surface area (Å²) in [6.07, 6.45) is 5.92. The van der Waals surface area contributed by atoms with Crippen molar-refractivity contribution in [2.24, 2.45) is 0 Å². The van der Waals surface area contributed by atoms with Gasteiger partial charge in [-0.05, 0) is 32.3 Å². The minimum absolute atomic E-state index is 0.316. The van der Waals surface area contributed by atoms with E-state index in [4.69, 9.17) is 4.52 Å². The average molecular weight is 218 g/mol. The van der Waals surface area contributed by atoms with E-state index in [0.717, 1.165) is 36.2 Å². The molecule has 2 heterocycles. The highest BCUT2D eigenvalue weighted by Crippen LogP contribution is 2.33. The van der Waals surface area contributed by atoms with E-state index in [1.165, 1.54) is 5.69 Å². The smallest absolute Gasteiger partial charge is 0.147 e. The molecular weight excluding hydrogens is 204 g/mol. The zero-order valence-corrected chi connectivity index (χ0v) is 9.18. The van der Waals surface area contributed by atoms with Gasteiger partial charge in [-0.25, -0.2) is 0 Å². The van der Waals surface area contributed by atoms with Crippen molar-refractivity contribution in [2.75, 3.05) is 0 Å². The van der Waals surface area contributed by atoms with Crippen LogP contribution in [0.3, 0.4) is 0 Å². The highest BCUT2D eigenvalue weighted by molar-refractivity contribution is 5.40. The first kappa shape index (κ1) is 9.66. The SMILES string of the molecule is Cc1cc2c(n1-c1cnoc1)CCCC2O. The second kappa shape index (κ2) is 3.49. The minimum atomic E-state index is -0.316. The van der Waals surface area contributed by atoms with Crippen molar-refractivity contribution < 1.29 is 9.63 Å². The topological polar surface area (TPSA) is 51.2 Å². The molecule has 0 aliphatic heterocycles. The molecule has 0 spiro atoms. The summed E-state index contributed by atoms with van der Waals surface area (Å²) in [6, 6.07) is 2.06. The van der Waals surface area contributed by atoms with Gasteiger partial charge in [-0.1, -0.05) is 5.16 Å². The summed E-state index contributed by atoms with van der Waals surface area (Å²) < 4.78 is 7.00. The molecule has 0 amide bonds. The summed E-state index contributed by atoms with van der Waals surface area (Å²) >= 11 is 0. The summed E-state index contributed by atoms with van der Waals surface area (Å²) in [5.41, 5.74) is 4.31. The Morgan fingerprint density at radius 1 is 1.56 bits per heavy atom. The fourth-order valence-corrected chi connectivity index (χ4v) is 2.55. The van der Waals surface area contributed by atoms with E-state index in [0.29, 0.717) is 0 Å². The van der Waals surface area contributed by atoms with Gasteiger partial charge in [0, 0.05) is 17.0 Å². The molecule has 0 radical (unpaired) electrons. The molecule has 0 bridgehead atoms. The van der Waals surface area contributed by atoms with Gasteiger partial charge < -0.3 is 14.2 Å². The molecule has 1 aliphatic carbocycles. The van der Waals surface area contributed by atoms with E-state index in [2.05, 4.69) is 15.8 Å². The molecule has 0 aromatic carbocycles. The summed E-state index contributed by atoms with van der Waals surface area (Å²) in [7, 11) is 0. The number of hydrogen-bond donors (Lipinski definition) is 1. The lowest BCUT2D eigenvalue weighted by atomic mass is 9.95. The molecule has 1 aliphatic rings. The van der Waals surface area contributed by atoms with E-state index < -0.39 is 0 Å². The first-order valence-electron chi connectivity index (χ1n) is 5.56. The summed E-state index contributed by atoms with van der Waals surface area (Å²) in [4.78, 5) is 0. The highest BCUT2D eigenvalue weighted by Gasteiger charge is 2.23. The minimum Gasteiger partial charge on any atom is -0.388 e. The Labute approximate surface area is 93.5 Å². The lowest BCUT2D eigenvalue weighted by Crippen LogP contribution is -2.11. The molecule has 1 atom stereocenters. The highest BCUT2D eigenvalue weighted by atomic mass is 16.5. The van der Waals surface area contributed by atoms with Crippen LogP contribution in [0.1, 0.15) is 35.9 Å². The van der Waals surface area contributed by atoms with Gasteiger partial charge in [-0.15, -0.1) is 0 Å². The van der Waals surface area contributed by atoms with Crippen LogP contribution in [-0.2, 0) is 6.42 Å². The van der Waals surface area contributed by atoms with Gasteiger partial charge >= 0.3 is 0 Å². The molecule has 3 rings (SSSR count). The Bertz CT molecular complexity index is 499. The van der Waals surface area contributed by atoms with E-state index >= 15 is 0 Å². The van der Waals surface area contributed by atoms with Gasteiger partial charge in [0.15, 0.2) is 0 Å². The van der Waals surface area contributed by atoms with Gasteiger partial charge in [0.1, 0.15) is 12.0 Å². The Kier molecular flexibility index (Phi) is 2.11. The molecule has 1 N–H and O–H groups in total. The lowest BCUT2D eigenvalue weighted by molar-refractivity contribution is 0.156. The third-order valence-corrected chi connectivity index (χ3v) is 3.25. The Balaban J connectivity index is 2.19. The third kappa shape index (κ3) is 1.30. The number of aliphatic hydroxyl groups excluding tert-OH is 1. The first-order chi connectivity index (χ1) is 7.77. The van der Waals surface area contributed by atoms with Crippen molar-refractivity contribution in [1.82, 2.24) is 9.72 Å². The van der Waals surface area contributed by atoms with Crippen molar-refractivity contribution in [1.29, 1.82) is 0 Å². The van der Waals surface area contributed by atoms with Crippen molar-refractivity contribution >= 4 is 0 Å². The molecule has 0 saturated heterocycles. The van der Waals surface area contributed by atoms with Crippen LogP contribution in [0.5, 0.6) is 0 Å². The van der Waals surface area contributed by atoms with Crippen LogP contribution in [-0.4, -0.2) is 14.8 Å². The molecular formula is C12H14N2O2. The molecule has 4 heteroatoms. The molecule has 0 fully saturated rings. The van der Waals surface area contributed by atoms with E-state index in [1.807, 2.05) is 6.92 Å². The molecule has 1 unspecified atom stereocenters. The number of fused-ring (bicyclic) bond motifs is 1. The van der Waals surface area contributed by atoms with Crippen molar-refractivity contribution in [2.45, 2.75) is 32.3 Å². The molecule has 16 heavy (non-hydrogen) atoms. The second-order valence-electron chi connectivity index (χ2n) is 4.31. The summed E-state index contributed by atoms with van der Waals surface area (Å²) in [6.45, 7) is 2.04. The molecule has 4 nitrogen and oxygen atoms in total. The fraction of sp³-hybridized carbons (Fsp3) is 0.417. The molecule has 2 aromatic rings. The largest absolute Gasteiger partial charge is 0.388 e. The maximum atomic E-state index is 9.94. The van der Waals surface area contributed by atoms with Crippen LogP contribution < -0.4 is 0 Å². The van der Waals surface area contributed by atoms with Gasteiger partial charge in [-0.2, -0.15) is 0 Å². The number of rotatable bonds is 1. The van der Waals surface area contributed by atoms with Gasteiger partial charge in [0.25, 0.3) is 0 Å². The van der Waals surface area contributed by atoms with Crippen LogP contribution in [0.2, 0.25) is 0 Å². The number of aryl methyl sites for hydroxylation is 1. The van der Waals surface area contributed by atoms with Crippen molar-refractivity contribution in [3.05, 3.63) is 35.5 Å². The normalized spacial score (nSPS) is 19.8. The third-order valence-electron chi connectivity index (χ3n) is 3.25. The van der Waals surface area contributed by atoms with Crippen LogP contribution in [0.25, 0.3) is 5.69 Å². The van der Waals surface area contributed by atoms with E-state index in [9.17, 15) is 5.11 Å². The van der Waals surface area contributed by atoms with Gasteiger partial charge in [0.2, 0.25) is 0 Å². The Hall–Kier alpha value is -1.55. The maximum Gasteiger partial charge on any atom is 0.147 e. The predicted molar refractivity (Wildman–Crippen MR) is 58.5 cm³/mol. The fourth-order valence-electron chi connectivity index (χ4n) is 2.55. The molecule has 84 valence electrons. The number of hydrogen-bond acceptors (Lipinski definition) is 3. The molecule has 0 saturated carbocycles. The second-order valence-corrected chi connectivity index (χ2v) is 4.31. The van der Waals surface area contributed by atoms with Crippen LogP contribution >= 0.6 is 0 Å². The number of nitrogens with zero attached hydrogens (tertiary/aromatic N) is 2. The van der Waals surface area contributed by atoms with Crippen LogP contribution in [0.4, 0.5) is 0 Å². The predicted octanol–water partition coefficient (Wildman–Crippen LogP) is 2.14. The zero-order chi connectivity index (χ0) is 11.1. The number of aromatic nitrogens is 2. The Morgan fingerprint density at radius 2 is 2.44 bits per heavy atom. The van der Waals surface area contributed by atoms with Crippen molar-refractivity contribution in [3.8, 4) is 5.69 Å². The van der Waals surface area contributed by atoms with Gasteiger partial charge in [-0.3, -0.25) is 0 Å². The van der Waals surface area contributed by atoms with E-state index in [1.54, 1.807) is 12.5 Å². The summed E-state index contributed by atoms with van der Waals surface area (Å²) in [5, 5.41) is 13.7. The maximum absolute atomic E-state index is 9.94. The summed E-state index contributed by atoms with van der Waals surface area (Å²) in [5.74, 6) is 0. The van der Waals surface area contributed by atoms with Gasteiger partial charge in [0.05, 0.1) is 12.3 Å². The standard InChI is InChI=1S/C12H14N2O2/c1-8-5-10-11(3-2-4-12(10)15)14(8)9-6-13-16-7-9/h5-7,12,15H,2-4H2,1H3. The van der Waals surface area contributed by atoms with Crippen LogP contribution in [0, 0.1) is 6.92 Å². The zero-order valence-electron chi connectivity index (χ0n) is 9.18. The Morgan fingerprint density at radius 3 is 3.19 bits per heavy atom. The first-order valence-corrected chi connectivity index (χ1v) is 5.56. The van der Waals surface area contributed by atoms with Crippen molar-refractivity contribution in [3.63, 3.8) is 0 Å². The quantitative estimate of drug-likeness (QED) is 0.797. The number of aliphatic hydroxyl groups is 1. The lowest BCUT2D eigenvalue weighted by Gasteiger charge is -2.19. The molecule has 2 aromatic heterocycles. The van der Waals surface area contributed by atoms with Crippen LogP contribution in [0.15, 0.2) is 23.0 Å².